The van der Waals surface area contributed by atoms with Gasteiger partial charge in [0.1, 0.15) is 0 Å². The summed E-state index contributed by atoms with van der Waals surface area (Å²) in [6, 6.07) is 7.34. The van der Waals surface area contributed by atoms with Gasteiger partial charge in [0.25, 0.3) is 0 Å². The summed E-state index contributed by atoms with van der Waals surface area (Å²) in [4.78, 5) is 8.36. The highest BCUT2D eigenvalue weighted by Gasteiger charge is 2.44. The molecule has 0 unspecified atom stereocenters. The molecule has 0 aliphatic rings. The molecule has 0 amide bonds. The molecule has 79 heavy (non-hydrogen) atoms. The van der Waals surface area contributed by atoms with Crippen molar-refractivity contribution in [2.75, 3.05) is 79.3 Å². The predicted molar refractivity (Wildman–Crippen MR) is 331 cm³/mol. The van der Waals surface area contributed by atoms with Crippen molar-refractivity contribution < 1.29 is 81.7 Å². The second kappa shape index (κ2) is 33.3. The summed E-state index contributed by atoms with van der Waals surface area (Å²) < 4.78 is 146. The van der Waals surface area contributed by atoms with E-state index in [0.29, 0.717) is 31.8 Å². The lowest BCUT2D eigenvalue weighted by atomic mass is 10.3. The first-order chi connectivity index (χ1) is 37.3. The lowest BCUT2D eigenvalue weighted by molar-refractivity contribution is 0.226. The van der Waals surface area contributed by atoms with Crippen LogP contribution < -0.4 is 31.8 Å². The van der Waals surface area contributed by atoms with Crippen molar-refractivity contribution in [1.82, 2.24) is 0 Å². The fourth-order valence-electron chi connectivity index (χ4n) is 7.85. The van der Waals surface area contributed by atoms with E-state index in [2.05, 4.69) is 0 Å². The average Bonchev–Trinajstić information content (AvgIpc) is 4.21. The van der Waals surface area contributed by atoms with Crippen molar-refractivity contribution in [2.24, 2.45) is 0 Å². The van der Waals surface area contributed by atoms with Gasteiger partial charge in [-0.05, 0) is 149 Å². The zero-order valence-corrected chi connectivity index (χ0v) is 58.3. The normalized spacial score (nSPS) is 12.7. The highest BCUT2D eigenvalue weighted by molar-refractivity contribution is 7.70. The SMILES string of the molecule is CCOP(=O)(OCC)c1c(C)sc(C)c1P(=O)(OCC)OCC.CCOP(=O)(OCC)c1cc(-c2sc(C)cc2P(=O)(OCC)OCC)sc1C.CCOP(=O)(OCC)c1cc(C)sc1-c1sc(C)cc1P(=O)(OCC)OCC. The molecular weight excluding hydrogens is 1230 g/mol. The molecular formula is C50H82O18P6S5. The van der Waals surface area contributed by atoms with Crippen LogP contribution in [0.1, 0.15) is 112 Å². The molecule has 450 valence electrons. The van der Waals surface area contributed by atoms with Crippen molar-refractivity contribution in [3.8, 4) is 19.5 Å². The fraction of sp³-hybridized carbons (Fsp3) is 0.600. The smallest absolute Gasteiger partial charge is 0.305 e. The van der Waals surface area contributed by atoms with E-state index in [1.807, 2.05) is 65.8 Å². The average molecular weight is 1320 g/mol. The van der Waals surface area contributed by atoms with Gasteiger partial charge in [0.05, 0.1) is 126 Å². The van der Waals surface area contributed by atoms with Crippen molar-refractivity contribution in [2.45, 2.75) is 125 Å². The minimum absolute atomic E-state index is 0.221. The number of aryl methyl sites for hydroxylation is 6. The first-order valence-electron chi connectivity index (χ1n) is 26.2. The fourth-order valence-corrected chi connectivity index (χ4v) is 27.5. The molecule has 29 heteroatoms. The summed E-state index contributed by atoms with van der Waals surface area (Å²) >= 11 is 7.32. The zero-order valence-electron chi connectivity index (χ0n) is 48.9. The molecule has 0 aromatic carbocycles. The molecule has 0 radical (unpaired) electrons. The first kappa shape index (κ1) is 72.7. The quantitative estimate of drug-likeness (QED) is 0.0366. The van der Waals surface area contributed by atoms with Gasteiger partial charge in [0, 0.05) is 34.1 Å². The lowest BCUT2D eigenvalue weighted by Gasteiger charge is -2.23. The summed E-state index contributed by atoms with van der Waals surface area (Å²) in [5.74, 6) is 0. The number of hydrogen-bond acceptors (Lipinski definition) is 23. The molecule has 0 bridgehead atoms. The van der Waals surface area contributed by atoms with Crippen molar-refractivity contribution in [1.29, 1.82) is 0 Å². The second-order valence-electron chi connectivity index (χ2n) is 16.2. The van der Waals surface area contributed by atoms with Gasteiger partial charge in [0.15, 0.2) is 0 Å². The minimum atomic E-state index is -3.59. The molecule has 0 saturated carbocycles. The Morgan fingerprint density at radius 3 is 0.772 bits per heavy atom. The Kier molecular flexibility index (Phi) is 30.7. The molecule has 0 fully saturated rings. The van der Waals surface area contributed by atoms with Gasteiger partial charge in [-0.2, -0.15) is 0 Å². The second-order valence-corrected chi connectivity index (χ2v) is 34.5. The molecule has 18 nitrogen and oxygen atoms in total. The molecule has 0 N–H and O–H groups in total. The van der Waals surface area contributed by atoms with Crippen molar-refractivity contribution >= 4 is 134 Å². The maximum Gasteiger partial charge on any atom is 0.363 e. The van der Waals surface area contributed by atoms with E-state index in [0.717, 1.165) is 48.8 Å². The maximum atomic E-state index is 13.5. The number of hydrogen-bond donors (Lipinski definition) is 0. The molecule has 0 saturated heterocycles. The lowest BCUT2D eigenvalue weighted by Crippen LogP contribution is -2.29. The molecule has 5 heterocycles. The Bertz CT molecular complexity index is 2830. The monoisotopic (exact) mass is 1320 g/mol. The van der Waals surface area contributed by atoms with Crippen LogP contribution in [-0.4, -0.2) is 79.3 Å². The maximum absolute atomic E-state index is 13.5. The topological polar surface area (TPSA) is 213 Å². The largest absolute Gasteiger partial charge is 0.363 e. The van der Waals surface area contributed by atoms with E-state index >= 15 is 0 Å². The Hall–Kier alpha value is -0.600. The number of thiophene rings is 5. The van der Waals surface area contributed by atoms with Crippen LogP contribution in [0.2, 0.25) is 0 Å². The summed E-state index contributed by atoms with van der Waals surface area (Å²) in [6.45, 7) is 35.6. The third kappa shape index (κ3) is 18.2. The van der Waals surface area contributed by atoms with E-state index in [4.69, 9.17) is 54.3 Å². The van der Waals surface area contributed by atoms with Crippen LogP contribution in [0.5, 0.6) is 0 Å². The van der Waals surface area contributed by atoms with Gasteiger partial charge in [-0.15, -0.1) is 56.7 Å². The highest BCUT2D eigenvalue weighted by atomic mass is 32.1. The molecule has 0 spiro atoms. The van der Waals surface area contributed by atoms with Crippen LogP contribution in [0.4, 0.5) is 0 Å². The minimum Gasteiger partial charge on any atom is -0.305 e. The number of rotatable bonds is 32. The summed E-state index contributed by atoms with van der Waals surface area (Å²) in [5.41, 5.74) is 0. The third-order valence-corrected chi connectivity index (χ3v) is 30.3. The van der Waals surface area contributed by atoms with E-state index in [1.54, 1.807) is 83.1 Å². The van der Waals surface area contributed by atoms with Crippen LogP contribution in [-0.2, 0) is 81.7 Å². The molecule has 5 aromatic rings. The molecule has 0 aliphatic heterocycles. The van der Waals surface area contributed by atoms with Crippen molar-refractivity contribution in [3.05, 3.63) is 53.5 Å². The Morgan fingerprint density at radius 1 is 0.278 bits per heavy atom. The molecule has 0 atom stereocenters. The Labute approximate surface area is 489 Å². The standard InChI is InChI=1S/2C18H28O6P2S2.C14H26O6P2S/c1-7-21-25(19,22-8-2)15-12-17(28-14(15)6)18-16(11-13(5)27-18)26(20,23-9-3)24-10-4;1-7-21-25(19,22-8-2)15-11-13(5)27-17(15)18-16(12-14(6)28-18)26(20,23-9-3)24-10-4;1-7-17-21(15,18-8-2)13-11(5)23-12(6)14(13)22(16,19-9-3)20-10-4/h2*11-12H,7-10H2,1-6H3;7-10H2,1-6H3. The van der Waals surface area contributed by atoms with Crippen LogP contribution in [0.25, 0.3) is 19.5 Å². The van der Waals surface area contributed by atoms with Gasteiger partial charge >= 0.3 is 45.6 Å². The van der Waals surface area contributed by atoms with Gasteiger partial charge in [-0.1, -0.05) is 0 Å². The van der Waals surface area contributed by atoms with Gasteiger partial charge in [-0.25, -0.2) is 0 Å². The summed E-state index contributed by atoms with van der Waals surface area (Å²) in [6.07, 6.45) is 0. The van der Waals surface area contributed by atoms with Crippen LogP contribution >= 0.6 is 102 Å². The third-order valence-electron chi connectivity index (χ3n) is 10.3. The van der Waals surface area contributed by atoms with Crippen LogP contribution in [0.15, 0.2) is 24.3 Å². The highest BCUT2D eigenvalue weighted by Crippen LogP contribution is 2.58. The van der Waals surface area contributed by atoms with Gasteiger partial charge in [0.2, 0.25) is 0 Å². The van der Waals surface area contributed by atoms with E-state index in [9.17, 15) is 27.4 Å². The molecule has 5 aromatic heterocycles. The zero-order chi connectivity index (χ0) is 59.6. The van der Waals surface area contributed by atoms with Crippen LogP contribution in [0, 0.1) is 41.5 Å². The molecule has 0 aliphatic carbocycles. The van der Waals surface area contributed by atoms with Gasteiger partial charge < -0.3 is 54.3 Å². The van der Waals surface area contributed by atoms with Gasteiger partial charge in [-0.3, -0.25) is 27.4 Å². The molecule has 5 rings (SSSR count). The summed E-state index contributed by atoms with van der Waals surface area (Å²) in [7, 11) is -21.0. The summed E-state index contributed by atoms with van der Waals surface area (Å²) in [5, 5.41) is 2.76. The van der Waals surface area contributed by atoms with Crippen LogP contribution in [0.3, 0.4) is 0 Å². The predicted octanol–water partition coefficient (Wildman–Crippen LogP) is 15.9. The Morgan fingerprint density at radius 2 is 0.506 bits per heavy atom. The Balaban J connectivity index is 0.000000313. The van der Waals surface area contributed by atoms with Crippen molar-refractivity contribution in [3.63, 3.8) is 0 Å². The van der Waals surface area contributed by atoms with E-state index in [1.165, 1.54) is 56.7 Å². The van der Waals surface area contributed by atoms with E-state index < -0.39 is 45.6 Å². The first-order valence-corrected chi connectivity index (χ1v) is 39.5. The van der Waals surface area contributed by atoms with E-state index in [-0.39, 0.29) is 79.3 Å².